The first kappa shape index (κ1) is 12.2. The van der Waals surface area contributed by atoms with E-state index in [4.69, 9.17) is 5.73 Å². The van der Waals surface area contributed by atoms with Crippen molar-refractivity contribution in [1.82, 2.24) is 0 Å². The fourth-order valence-electron chi connectivity index (χ4n) is 1.48. The Hall–Kier alpha value is -0.830. The first-order valence-electron chi connectivity index (χ1n) is 4.88. The van der Waals surface area contributed by atoms with Crippen LogP contribution in [-0.2, 0) is 6.42 Å². The fraction of sp³-hybridized carbons (Fsp3) is 0.417. The summed E-state index contributed by atoms with van der Waals surface area (Å²) >= 11 is 3.31. The van der Waals surface area contributed by atoms with Gasteiger partial charge >= 0.3 is 0 Å². The Bertz CT molecular complexity index is 380. The van der Waals surface area contributed by atoms with Gasteiger partial charge in [0.1, 0.15) is 0 Å². The van der Waals surface area contributed by atoms with Gasteiger partial charge in [0, 0.05) is 4.47 Å². The smallest absolute Gasteiger partial charge is 0.249 e. The lowest BCUT2D eigenvalue weighted by Gasteiger charge is -2.18. The van der Waals surface area contributed by atoms with Crippen molar-refractivity contribution in [3.8, 4) is 0 Å². The van der Waals surface area contributed by atoms with Crippen LogP contribution in [0.3, 0.4) is 0 Å². The molecule has 0 heterocycles. The largest absolute Gasteiger partial charge is 0.366 e. The lowest BCUT2D eigenvalue weighted by atomic mass is 9.88. The lowest BCUT2D eigenvalue weighted by Crippen LogP contribution is -2.14. The highest BCUT2D eigenvalue weighted by Gasteiger charge is 2.13. The summed E-state index contributed by atoms with van der Waals surface area (Å²) < 4.78 is 0.757. The SMILES string of the molecule is CC(C)(C)Cc1ccc(Br)c(C(N)=O)c1. The first-order valence-corrected chi connectivity index (χ1v) is 5.67. The highest BCUT2D eigenvalue weighted by atomic mass is 79.9. The average Bonchev–Trinajstić information content (AvgIpc) is 2.05. The van der Waals surface area contributed by atoms with Gasteiger partial charge in [0.25, 0.3) is 0 Å². The molecule has 1 rings (SSSR count). The van der Waals surface area contributed by atoms with Crippen molar-refractivity contribution in [3.05, 3.63) is 33.8 Å². The molecule has 0 aliphatic rings. The molecule has 2 nitrogen and oxygen atoms in total. The predicted octanol–water partition coefficient (Wildman–Crippen LogP) is 3.14. The van der Waals surface area contributed by atoms with Crippen molar-refractivity contribution in [2.75, 3.05) is 0 Å². The molecule has 0 aliphatic heterocycles. The first-order chi connectivity index (χ1) is 6.79. The molecular weight excluding hydrogens is 254 g/mol. The second-order valence-corrected chi connectivity index (χ2v) is 5.77. The van der Waals surface area contributed by atoms with Crippen molar-refractivity contribution in [1.29, 1.82) is 0 Å². The Balaban J connectivity index is 3.03. The van der Waals surface area contributed by atoms with E-state index in [-0.39, 0.29) is 5.41 Å². The minimum absolute atomic E-state index is 0.211. The van der Waals surface area contributed by atoms with Crippen LogP contribution in [0.4, 0.5) is 0 Å². The van der Waals surface area contributed by atoms with Crippen LogP contribution < -0.4 is 5.73 Å². The van der Waals surface area contributed by atoms with E-state index in [1.807, 2.05) is 18.2 Å². The third-order valence-electron chi connectivity index (χ3n) is 2.03. The van der Waals surface area contributed by atoms with Crippen molar-refractivity contribution in [3.63, 3.8) is 0 Å². The summed E-state index contributed by atoms with van der Waals surface area (Å²) in [6, 6.07) is 5.75. The molecule has 0 spiro atoms. The molecule has 0 atom stereocenters. The Morgan fingerprint density at radius 1 is 1.40 bits per heavy atom. The number of hydrogen-bond acceptors (Lipinski definition) is 1. The Kier molecular flexibility index (Phi) is 3.55. The topological polar surface area (TPSA) is 43.1 Å². The van der Waals surface area contributed by atoms with E-state index >= 15 is 0 Å². The molecule has 0 saturated heterocycles. The zero-order chi connectivity index (χ0) is 11.6. The van der Waals surface area contributed by atoms with Crippen molar-refractivity contribution in [2.45, 2.75) is 27.2 Å². The Morgan fingerprint density at radius 2 is 2.00 bits per heavy atom. The number of benzene rings is 1. The van der Waals surface area contributed by atoms with E-state index in [1.54, 1.807) is 0 Å². The number of amides is 1. The van der Waals surface area contributed by atoms with Crippen LogP contribution in [0.2, 0.25) is 0 Å². The zero-order valence-electron chi connectivity index (χ0n) is 9.30. The number of halogens is 1. The maximum absolute atomic E-state index is 11.1. The third-order valence-corrected chi connectivity index (χ3v) is 2.72. The van der Waals surface area contributed by atoms with Crippen LogP contribution in [0.15, 0.2) is 22.7 Å². The molecule has 82 valence electrons. The highest BCUT2D eigenvalue weighted by molar-refractivity contribution is 9.10. The minimum atomic E-state index is -0.391. The molecule has 3 heteroatoms. The van der Waals surface area contributed by atoms with Gasteiger partial charge in [0.15, 0.2) is 0 Å². The second kappa shape index (κ2) is 4.35. The van der Waals surface area contributed by atoms with Crippen LogP contribution in [0.25, 0.3) is 0 Å². The standard InChI is InChI=1S/C12H16BrNO/c1-12(2,3)7-8-4-5-10(13)9(6-8)11(14)15/h4-6H,7H2,1-3H3,(H2,14,15). The predicted molar refractivity (Wildman–Crippen MR) is 65.8 cm³/mol. The zero-order valence-corrected chi connectivity index (χ0v) is 10.9. The van der Waals surface area contributed by atoms with E-state index in [0.29, 0.717) is 5.56 Å². The van der Waals surface area contributed by atoms with Gasteiger partial charge in [-0.25, -0.2) is 0 Å². The van der Waals surface area contributed by atoms with Gasteiger partial charge in [-0.1, -0.05) is 26.8 Å². The maximum Gasteiger partial charge on any atom is 0.249 e. The molecule has 0 aromatic heterocycles. The number of rotatable bonds is 2. The minimum Gasteiger partial charge on any atom is -0.366 e. The molecule has 2 N–H and O–H groups in total. The van der Waals surface area contributed by atoms with Crippen LogP contribution in [0, 0.1) is 5.41 Å². The number of primary amides is 1. The molecule has 1 amide bonds. The summed E-state index contributed by atoms with van der Waals surface area (Å²) in [4.78, 5) is 11.1. The van der Waals surface area contributed by atoms with Gasteiger partial charge < -0.3 is 5.73 Å². The fourth-order valence-corrected chi connectivity index (χ4v) is 1.93. The van der Waals surface area contributed by atoms with E-state index in [9.17, 15) is 4.79 Å². The molecule has 1 aromatic carbocycles. The number of carbonyl (C=O) groups excluding carboxylic acids is 1. The average molecular weight is 270 g/mol. The second-order valence-electron chi connectivity index (χ2n) is 4.92. The van der Waals surface area contributed by atoms with Crippen LogP contribution >= 0.6 is 15.9 Å². The Labute approximate surface area is 99.0 Å². The lowest BCUT2D eigenvalue weighted by molar-refractivity contribution is 0.0999. The molecule has 15 heavy (non-hydrogen) atoms. The monoisotopic (exact) mass is 269 g/mol. The Morgan fingerprint density at radius 3 is 2.47 bits per heavy atom. The van der Waals surface area contributed by atoms with Gasteiger partial charge in [-0.05, 0) is 45.5 Å². The molecule has 0 saturated carbocycles. The molecule has 0 unspecified atom stereocenters. The summed E-state index contributed by atoms with van der Waals surface area (Å²) in [6.07, 6.45) is 0.931. The van der Waals surface area contributed by atoms with Gasteiger partial charge in [-0.3, -0.25) is 4.79 Å². The number of carbonyl (C=O) groups is 1. The normalized spacial score (nSPS) is 11.5. The summed E-state index contributed by atoms with van der Waals surface area (Å²) in [5.41, 5.74) is 7.18. The number of nitrogens with two attached hydrogens (primary N) is 1. The van der Waals surface area contributed by atoms with Crippen molar-refractivity contribution >= 4 is 21.8 Å². The summed E-state index contributed by atoms with van der Waals surface area (Å²) in [5, 5.41) is 0. The molecule has 1 aromatic rings. The molecular formula is C12H16BrNO. The number of hydrogen-bond donors (Lipinski definition) is 1. The highest BCUT2D eigenvalue weighted by Crippen LogP contribution is 2.24. The molecule has 0 radical (unpaired) electrons. The van der Waals surface area contributed by atoms with Crippen LogP contribution in [0.5, 0.6) is 0 Å². The van der Waals surface area contributed by atoms with Crippen LogP contribution in [0.1, 0.15) is 36.7 Å². The van der Waals surface area contributed by atoms with Gasteiger partial charge in [-0.2, -0.15) is 0 Å². The third kappa shape index (κ3) is 3.67. The van der Waals surface area contributed by atoms with Crippen LogP contribution in [-0.4, -0.2) is 5.91 Å². The van der Waals surface area contributed by atoms with E-state index in [2.05, 4.69) is 36.7 Å². The molecule has 0 fully saturated rings. The van der Waals surface area contributed by atoms with Gasteiger partial charge in [0.2, 0.25) is 5.91 Å². The van der Waals surface area contributed by atoms with Crippen molar-refractivity contribution in [2.24, 2.45) is 11.1 Å². The summed E-state index contributed by atoms with van der Waals surface area (Å²) in [6.45, 7) is 6.50. The van der Waals surface area contributed by atoms with Crippen molar-refractivity contribution < 1.29 is 4.79 Å². The maximum atomic E-state index is 11.1. The van der Waals surface area contributed by atoms with Gasteiger partial charge in [-0.15, -0.1) is 0 Å². The van der Waals surface area contributed by atoms with E-state index < -0.39 is 5.91 Å². The van der Waals surface area contributed by atoms with Gasteiger partial charge in [0.05, 0.1) is 5.56 Å². The molecule has 0 bridgehead atoms. The summed E-state index contributed by atoms with van der Waals surface area (Å²) in [7, 11) is 0. The summed E-state index contributed by atoms with van der Waals surface area (Å²) in [5.74, 6) is -0.391. The van der Waals surface area contributed by atoms with E-state index in [1.165, 1.54) is 0 Å². The quantitative estimate of drug-likeness (QED) is 0.881. The van der Waals surface area contributed by atoms with E-state index in [0.717, 1.165) is 16.5 Å². The molecule has 0 aliphatic carbocycles.